The summed E-state index contributed by atoms with van der Waals surface area (Å²) in [6.45, 7) is 6.85. The van der Waals surface area contributed by atoms with Gasteiger partial charge in [-0.1, -0.05) is 42.5 Å². The minimum Gasteiger partial charge on any atom is -0.497 e. The first-order chi connectivity index (χ1) is 21.9. The highest BCUT2D eigenvalue weighted by Crippen LogP contribution is 2.34. The molecular formula is C33H48N4O8S. The summed E-state index contributed by atoms with van der Waals surface area (Å²) >= 11 is 0. The Balaban J connectivity index is 1.48. The topological polar surface area (TPSA) is 118 Å². The zero-order valence-corrected chi connectivity index (χ0v) is 28.5. The third-order valence-corrected chi connectivity index (χ3v) is 10.4. The summed E-state index contributed by atoms with van der Waals surface area (Å²) in [6, 6.07) is 15.3. The summed E-state index contributed by atoms with van der Waals surface area (Å²) in [4.78, 5) is 29.4. The molecule has 3 atom stereocenters. The van der Waals surface area contributed by atoms with Crippen molar-refractivity contribution in [2.24, 2.45) is 0 Å². The SMILES string of the molecule is COc1ccc(CN([C@H]2C[C@@H](C)N(C(=O)OC(C)C)[C@H]2COC2CCN(C(=O)OCc3ccccc3)CC2)S(=O)(=O)N(C)C)cc1. The highest BCUT2D eigenvalue weighted by atomic mass is 32.2. The van der Waals surface area contributed by atoms with Crippen LogP contribution in [0, 0.1) is 0 Å². The van der Waals surface area contributed by atoms with Crippen LogP contribution in [0.1, 0.15) is 51.2 Å². The lowest BCUT2D eigenvalue weighted by molar-refractivity contribution is -0.0273. The summed E-state index contributed by atoms with van der Waals surface area (Å²) in [7, 11) is 0.678. The van der Waals surface area contributed by atoms with Crippen LogP contribution in [-0.2, 0) is 37.6 Å². The van der Waals surface area contributed by atoms with Crippen LogP contribution >= 0.6 is 0 Å². The Labute approximate surface area is 273 Å². The lowest BCUT2D eigenvalue weighted by Gasteiger charge is -2.37. The molecule has 2 aromatic carbocycles. The molecule has 0 N–H and O–H groups in total. The van der Waals surface area contributed by atoms with Crippen LogP contribution in [0.2, 0.25) is 0 Å². The van der Waals surface area contributed by atoms with Crippen LogP contribution in [-0.4, -0.2) is 110 Å². The molecule has 0 spiro atoms. The quantitative estimate of drug-likeness (QED) is 0.327. The van der Waals surface area contributed by atoms with Gasteiger partial charge in [0, 0.05) is 39.8 Å². The third-order valence-electron chi connectivity index (χ3n) is 8.44. The molecule has 13 heteroatoms. The van der Waals surface area contributed by atoms with Crippen molar-refractivity contribution < 1.29 is 37.0 Å². The molecule has 12 nitrogen and oxygen atoms in total. The summed E-state index contributed by atoms with van der Waals surface area (Å²) in [6.07, 6.45) is 0.227. The number of hydrogen-bond acceptors (Lipinski definition) is 8. The number of hydrogen-bond donors (Lipinski definition) is 0. The fourth-order valence-electron chi connectivity index (χ4n) is 5.95. The van der Waals surface area contributed by atoms with Crippen molar-refractivity contribution in [2.45, 2.75) is 83.5 Å². The number of likely N-dealkylation sites (tertiary alicyclic amines) is 2. The van der Waals surface area contributed by atoms with Crippen LogP contribution in [0.3, 0.4) is 0 Å². The Bertz CT molecular complexity index is 1380. The van der Waals surface area contributed by atoms with Crippen LogP contribution in [0.5, 0.6) is 5.75 Å². The molecule has 2 fully saturated rings. The van der Waals surface area contributed by atoms with E-state index in [1.54, 1.807) is 42.9 Å². The predicted molar refractivity (Wildman–Crippen MR) is 173 cm³/mol. The zero-order chi connectivity index (χ0) is 33.4. The summed E-state index contributed by atoms with van der Waals surface area (Å²) < 4.78 is 53.1. The fourth-order valence-corrected chi connectivity index (χ4v) is 7.25. The molecule has 2 saturated heterocycles. The van der Waals surface area contributed by atoms with Gasteiger partial charge < -0.3 is 23.8 Å². The van der Waals surface area contributed by atoms with Gasteiger partial charge in [-0.25, -0.2) is 9.59 Å². The summed E-state index contributed by atoms with van der Waals surface area (Å²) in [5, 5.41) is 0. The van der Waals surface area contributed by atoms with Crippen LogP contribution in [0.25, 0.3) is 0 Å². The first-order valence-electron chi connectivity index (χ1n) is 15.8. The molecule has 46 heavy (non-hydrogen) atoms. The molecular weight excluding hydrogens is 612 g/mol. The van der Waals surface area contributed by atoms with Gasteiger partial charge in [0.2, 0.25) is 0 Å². The number of rotatable bonds is 12. The maximum atomic E-state index is 13.8. The van der Waals surface area contributed by atoms with E-state index in [1.165, 1.54) is 22.7 Å². The van der Waals surface area contributed by atoms with Crippen molar-refractivity contribution in [3.05, 3.63) is 65.7 Å². The van der Waals surface area contributed by atoms with Crippen molar-refractivity contribution in [1.82, 2.24) is 18.4 Å². The van der Waals surface area contributed by atoms with Gasteiger partial charge in [-0.15, -0.1) is 0 Å². The Hall–Kier alpha value is -3.39. The normalized spacial score (nSPS) is 20.8. The molecule has 254 valence electrons. The molecule has 2 aromatic rings. The molecule has 4 rings (SSSR count). The van der Waals surface area contributed by atoms with Crippen LogP contribution in [0.4, 0.5) is 9.59 Å². The first kappa shape index (κ1) is 35.5. The Kier molecular flexibility index (Phi) is 12.3. The van der Waals surface area contributed by atoms with Gasteiger partial charge in [0.25, 0.3) is 10.2 Å². The van der Waals surface area contributed by atoms with Gasteiger partial charge in [-0.2, -0.15) is 17.0 Å². The van der Waals surface area contributed by atoms with E-state index in [4.69, 9.17) is 18.9 Å². The second kappa shape index (κ2) is 15.9. The van der Waals surface area contributed by atoms with Crippen molar-refractivity contribution in [3.63, 3.8) is 0 Å². The molecule has 2 heterocycles. The van der Waals surface area contributed by atoms with E-state index in [9.17, 15) is 18.0 Å². The highest BCUT2D eigenvalue weighted by Gasteiger charge is 2.49. The number of benzene rings is 2. The van der Waals surface area contributed by atoms with E-state index >= 15 is 0 Å². The number of ether oxygens (including phenoxy) is 4. The second-order valence-electron chi connectivity index (χ2n) is 12.3. The summed E-state index contributed by atoms with van der Waals surface area (Å²) in [5.74, 6) is 0.671. The number of piperidine rings is 1. The van der Waals surface area contributed by atoms with E-state index < -0.39 is 28.4 Å². The Morgan fingerprint density at radius 3 is 2.20 bits per heavy atom. The average Bonchev–Trinajstić information content (AvgIpc) is 3.37. The van der Waals surface area contributed by atoms with E-state index in [2.05, 4.69) is 0 Å². The molecule has 0 radical (unpaired) electrons. The number of nitrogens with zero attached hydrogens (tertiary/aromatic N) is 4. The first-order valence-corrected chi connectivity index (χ1v) is 17.2. The molecule has 0 saturated carbocycles. The van der Waals surface area contributed by atoms with Crippen molar-refractivity contribution in [1.29, 1.82) is 0 Å². The van der Waals surface area contributed by atoms with Gasteiger partial charge in [0.15, 0.2) is 0 Å². The monoisotopic (exact) mass is 660 g/mol. The Morgan fingerprint density at radius 1 is 0.957 bits per heavy atom. The number of carbonyl (C=O) groups excluding carboxylic acids is 2. The van der Waals surface area contributed by atoms with E-state index in [1.807, 2.05) is 49.4 Å². The minimum absolute atomic E-state index is 0.106. The fraction of sp³-hybridized carbons (Fsp3) is 0.576. The predicted octanol–water partition coefficient (Wildman–Crippen LogP) is 4.50. The molecule has 0 unspecified atom stereocenters. The summed E-state index contributed by atoms with van der Waals surface area (Å²) in [5.41, 5.74) is 1.71. The lowest BCUT2D eigenvalue weighted by atomic mass is 10.1. The van der Waals surface area contributed by atoms with Crippen LogP contribution in [0.15, 0.2) is 54.6 Å². The van der Waals surface area contributed by atoms with Crippen molar-refractivity contribution in [2.75, 3.05) is 40.9 Å². The standard InChI is InChI=1S/C33H48N4O8S/c1-24(2)45-33(39)37-25(3)20-30(36(46(40,41)34(4)5)21-26-12-14-28(42-6)15-13-26)31(37)23-43-29-16-18-35(19-17-29)32(38)44-22-27-10-8-7-9-11-27/h7-15,24-25,29-31H,16-23H2,1-6H3/t25-,30+,31+/m1/s1. The number of amides is 2. The van der Waals surface area contributed by atoms with Crippen LogP contribution < -0.4 is 4.74 Å². The minimum atomic E-state index is -3.91. The zero-order valence-electron chi connectivity index (χ0n) is 27.7. The number of methoxy groups -OCH3 is 1. The van der Waals surface area contributed by atoms with Gasteiger partial charge in [-0.05, 0) is 63.3 Å². The van der Waals surface area contributed by atoms with Gasteiger partial charge in [0.05, 0.1) is 38.0 Å². The smallest absolute Gasteiger partial charge is 0.410 e. The number of carbonyl (C=O) groups is 2. The average molecular weight is 661 g/mol. The largest absolute Gasteiger partial charge is 0.497 e. The third kappa shape index (κ3) is 8.90. The lowest BCUT2D eigenvalue weighted by Crippen LogP contribution is -2.54. The maximum Gasteiger partial charge on any atom is 0.410 e. The van der Waals surface area contributed by atoms with Gasteiger partial charge in [-0.3, -0.25) is 4.90 Å². The highest BCUT2D eigenvalue weighted by molar-refractivity contribution is 7.86. The molecule has 0 aliphatic carbocycles. The van der Waals surface area contributed by atoms with E-state index in [-0.39, 0.29) is 44.1 Å². The molecule has 2 aliphatic rings. The Morgan fingerprint density at radius 2 is 1.61 bits per heavy atom. The van der Waals surface area contributed by atoms with Gasteiger partial charge in [0.1, 0.15) is 12.4 Å². The van der Waals surface area contributed by atoms with E-state index in [0.717, 1.165) is 11.1 Å². The van der Waals surface area contributed by atoms with Gasteiger partial charge >= 0.3 is 12.2 Å². The molecule has 2 amide bonds. The van der Waals surface area contributed by atoms with Crippen molar-refractivity contribution >= 4 is 22.4 Å². The maximum absolute atomic E-state index is 13.8. The molecule has 2 aliphatic heterocycles. The van der Waals surface area contributed by atoms with Crippen molar-refractivity contribution in [3.8, 4) is 5.75 Å². The molecule has 0 aromatic heterocycles. The van der Waals surface area contributed by atoms with E-state index in [0.29, 0.717) is 38.1 Å². The molecule has 0 bridgehead atoms. The second-order valence-corrected chi connectivity index (χ2v) is 14.4.